The van der Waals surface area contributed by atoms with Gasteiger partial charge in [-0.15, -0.1) is 0 Å². The van der Waals surface area contributed by atoms with Crippen LogP contribution >= 0.6 is 0 Å². The fourth-order valence-electron chi connectivity index (χ4n) is 4.58. The van der Waals surface area contributed by atoms with E-state index in [1.807, 2.05) is 13.8 Å². The van der Waals surface area contributed by atoms with Gasteiger partial charge in [0.1, 0.15) is 0 Å². The third-order valence-corrected chi connectivity index (χ3v) is 6.64. The van der Waals surface area contributed by atoms with E-state index in [9.17, 15) is 9.59 Å². The van der Waals surface area contributed by atoms with E-state index in [4.69, 9.17) is 0 Å². The Morgan fingerprint density at radius 1 is 1.04 bits per heavy atom. The second-order valence-corrected chi connectivity index (χ2v) is 9.04. The van der Waals surface area contributed by atoms with Crippen LogP contribution in [0.3, 0.4) is 0 Å². The summed E-state index contributed by atoms with van der Waals surface area (Å²) in [5, 5.41) is 3.15. The van der Waals surface area contributed by atoms with Crippen molar-refractivity contribution in [3.63, 3.8) is 0 Å². The highest BCUT2D eigenvalue weighted by molar-refractivity contribution is 5.78. The molecule has 3 aliphatic rings. The Balaban J connectivity index is 1.34. The molecule has 148 valence electrons. The van der Waals surface area contributed by atoms with E-state index < -0.39 is 0 Å². The highest BCUT2D eigenvalue weighted by atomic mass is 16.2. The van der Waals surface area contributed by atoms with E-state index in [0.717, 1.165) is 71.5 Å². The van der Waals surface area contributed by atoms with Gasteiger partial charge < -0.3 is 20.0 Å². The molecular formula is C20H36N4O2. The predicted octanol–water partition coefficient (Wildman–Crippen LogP) is 1.17. The quantitative estimate of drug-likeness (QED) is 0.796. The fraction of sp³-hybridized carbons (Fsp3) is 0.900. The first-order valence-electron chi connectivity index (χ1n) is 10.4. The average molecular weight is 365 g/mol. The molecule has 1 N–H and O–H groups in total. The Bertz CT molecular complexity index is 498. The molecule has 0 aromatic carbocycles. The Kier molecular flexibility index (Phi) is 6.23. The summed E-state index contributed by atoms with van der Waals surface area (Å²) in [5.74, 6) is 0.551. The van der Waals surface area contributed by atoms with Crippen LogP contribution in [0.25, 0.3) is 0 Å². The van der Waals surface area contributed by atoms with E-state index >= 15 is 0 Å². The SMILES string of the molecule is CC(C)C(=O)NC1CC2(CCN(C(=O)CCN3CCN(C)CC3)CC2)C1. The molecule has 1 saturated carbocycles. The first-order chi connectivity index (χ1) is 12.4. The van der Waals surface area contributed by atoms with Crippen LogP contribution in [0.4, 0.5) is 0 Å². The lowest BCUT2D eigenvalue weighted by Crippen LogP contribution is -2.56. The van der Waals surface area contributed by atoms with Gasteiger partial charge in [0.15, 0.2) is 0 Å². The standard InChI is InChI=1S/C20H36N4O2/c1-16(2)19(26)21-17-14-20(15-17)5-8-24(9-6-20)18(25)4-7-23-12-10-22(3)11-13-23/h16-17H,4-15H2,1-3H3,(H,21,26). The van der Waals surface area contributed by atoms with Gasteiger partial charge in [0, 0.05) is 64.2 Å². The van der Waals surface area contributed by atoms with Gasteiger partial charge in [-0.05, 0) is 38.1 Å². The molecule has 1 aliphatic carbocycles. The number of nitrogens with one attached hydrogen (secondary N) is 1. The van der Waals surface area contributed by atoms with Gasteiger partial charge in [0.05, 0.1) is 0 Å². The number of carbonyl (C=O) groups excluding carboxylic acids is 2. The number of hydrogen-bond acceptors (Lipinski definition) is 4. The monoisotopic (exact) mass is 364 g/mol. The zero-order valence-electron chi connectivity index (χ0n) is 16.8. The Morgan fingerprint density at radius 3 is 2.23 bits per heavy atom. The van der Waals surface area contributed by atoms with Gasteiger partial charge in [-0.3, -0.25) is 9.59 Å². The number of carbonyl (C=O) groups is 2. The van der Waals surface area contributed by atoms with Crippen molar-refractivity contribution in [2.24, 2.45) is 11.3 Å². The topological polar surface area (TPSA) is 55.9 Å². The smallest absolute Gasteiger partial charge is 0.223 e. The van der Waals surface area contributed by atoms with Crippen LogP contribution in [0.1, 0.15) is 46.0 Å². The molecule has 2 amide bonds. The normalized spacial score (nSPS) is 24.7. The Labute approximate surface area is 158 Å². The summed E-state index contributed by atoms with van der Waals surface area (Å²) in [6, 6.07) is 0.351. The van der Waals surface area contributed by atoms with Crippen LogP contribution in [0.5, 0.6) is 0 Å². The number of hydrogen-bond donors (Lipinski definition) is 1. The van der Waals surface area contributed by atoms with Crippen LogP contribution in [-0.2, 0) is 9.59 Å². The molecule has 6 nitrogen and oxygen atoms in total. The molecule has 1 spiro atoms. The molecule has 2 heterocycles. The molecule has 3 rings (SSSR count). The maximum atomic E-state index is 12.5. The van der Waals surface area contributed by atoms with Crippen molar-refractivity contribution in [2.75, 3.05) is 52.9 Å². The van der Waals surface area contributed by atoms with Crippen LogP contribution in [-0.4, -0.2) is 85.4 Å². The summed E-state index contributed by atoms with van der Waals surface area (Å²) in [7, 11) is 2.16. The van der Waals surface area contributed by atoms with Crippen molar-refractivity contribution in [3.8, 4) is 0 Å². The van der Waals surface area contributed by atoms with E-state index in [1.54, 1.807) is 0 Å². The van der Waals surface area contributed by atoms with Crippen molar-refractivity contribution in [3.05, 3.63) is 0 Å². The molecule has 3 fully saturated rings. The number of rotatable bonds is 5. The number of likely N-dealkylation sites (N-methyl/N-ethyl adjacent to an activating group) is 1. The molecule has 26 heavy (non-hydrogen) atoms. The van der Waals surface area contributed by atoms with Gasteiger partial charge in [0.2, 0.25) is 11.8 Å². The van der Waals surface area contributed by atoms with Crippen molar-refractivity contribution in [2.45, 2.75) is 52.0 Å². The van der Waals surface area contributed by atoms with Crippen molar-refractivity contribution in [1.29, 1.82) is 0 Å². The summed E-state index contributed by atoms with van der Waals surface area (Å²) in [4.78, 5) is 31.2. The number of piperazine rings is 1. The highest BCUT2D eigenvalue weighted by Crippen LogP contribution is 2.49. The minimum atomic E-state index is 0.0614. The van der Waals surface area contributed by atoms with Crippen molar-refractivity contribution in [1.82, 2.24) is 20.0 Å². The van der Waals surface area contributed by atoms with Gasteiger partial charge in [-0.25, -0.2) is 0 Å². The van der Waals surface area contributed by atoms with Crippen molar-refractivity contribution >= 4 is 11.8 Å². The molecule has 0 radical (unpaired) electrons. The van der Waals surface area contributed by atoms with E-state index in [2.05, 4.69) is 27.1 Å². The lowest BCUT2D eigenvalue weighted by molar-refractivity contribution is -0.135. The Morgan fingerprint density at radius 2 is 1.65 bits per heavy atom. The molecule has 0 unspecified atom stereocenters. The molecule has 6 heteroatoms. The average Bonchev–Trinajstić information content (AvgIpc) is 2.60. The summed E-state index contributed by atoms with van der Waals surface area (Å²) in [5.41, 5.74) is 0.378. The van der Waals surface area contributed by atoms with Crippen molar-refractivity contribution < 1.29 is 9.59 Å². The molecule has 0 aromatic rings. The predicted molar refractivity (Wildman–Crippen MR) is 103 cm³/mol. The second-order valence-electron chi connectivity index (χ2n) is 9.04. The molecule has 0 aromatic heterocycles. The lowest BCUT2D eigenvalue weighted by Gasteiger charge is -2.52. The van der Waals surface area contributed by atoms with Gasteiger partial charge >= 0.3 is 0 Å². The lowest BCUT2D eigenvalue weighted by atomic mass is 9.60. The summed E-state index contributed by atoms with van der Waals surface area (Å²) >= 11 is 0. The number of amides is 2. The van der Waals surface area contributed by atoms with E-state index in [0.29, 0.717) is 23.8 Å². The third kappa shape index (κ3) is 4.77. The second kappa shape index (κ2) is 8.26. The van der Waals surface area contributed by atoms with Crippen LogP contribution in [0, 0.1) is 11.3 Å². The molecule has 0 bridgehead atoms. The molecular weight excluding hydrogens is 328 g/mol. The summed E-state index contributed by atoms with van der Waals surface area (Å²) < 4.78 is 0. The molecule has 2 aliphatic heterocycles. The summed E-state index contributed by atoms with van der Waals surface area (Å²) in [6.07, 6.45) is 5.04. The maximum Gasteiger partial charge on any atom is 0.223 e. The Hall–Kier alpha value is -1.14. The van der Waals surface area contributed by atoms with Crippen LogP contribution < -0.4 is 5.32 Å². The molecule has 2 saturated heterocycles. The highest BCUT2D eigenvalue weighted by Gasteiger charge is 2.46. The minimum Gasteiger partial charge on any atom is -0.353 e. The van der Waals surface area contributed by atoms with Gasteiger partial charge in [-0.1, -0.05) is 13.8 Å². The first-order valence-corrected chi connectivity index (χ1v) is 10.4. The fourth-order valence-corrected chi connectivity index (χ4v) is 4.58. The number of likely N-dealkylation sites (tertiary alicyclic amines) is 1. The first kappa shape index (κ1) is 19.6. The maximum absolute atomic E-state index is 12.5. The zero-order chi connectivity index (χ0) is 18.7. The minimum absolute atomic E-state index is 0.0614. The number of piperidine rings is 1. The van der Waals surface area contributed by atoms with E-state index in [1.165, 1.54) is 0 Å². The number of nitrogens with zero attached hydrogens (tertiary/aromatic N) is 3. The van der Waals surface area contributed by atoms with Crippen LogP contribution in [0.15, 0.2) is 0 Å². The van der Waals surface area contributed by atoms with Gasteiger partial charge in [0.25, 0.3) is 0 Å². The third-order valence-electron chi connectivity index (χ3n) is 6.64. The molecule has 0 atom stereocenters. The van der Waals surface area contributed by atoms with Gasteiger partial charge in [-0.2, -0.15) is 0 Å². The zero-order valence-corrected chi connectivity index (χ0v) is 16.8. The largest absolute Gasteiger partial charge is 0.353 e. The summed E-state index contributed by atoms with van der Waals surface area (Å²) in [6.45, 7) is 10.9. The van der Waals surface area contributed by atoms with Crippen LogP contribution in [0.2, 0.25) is 0 Å². The van der Waals surface area contributed by atoms with E-state index in [-0.39, 0.29) is 11.8 Å².